The fourth-order valence-corrected chi connectivity index (χ4v) is 3.76. The van der Waals surface area contributed by atoms with E-state index in [0.29, 0.717) is 12.4 Å². The molecule has 0 aliphatic heterocycles. The lowest BCUT2D eigenvalue weighted by Gasteiger charge is -2.28. The smallest absolute Gasteiger partial charge is 0.251 e. The minimum atomic E-state index is -0.179. The van der Waals surface area contributed by atoms with E-state index in [4.69, 9.17) is 0 Å². The molecule has 0 saturated carbocycles. The normalized spacial score (nSPS) is 12.1. The number of nitrogens with zero attached hydrogens (tertiary/aromatic N) is 5. The molecule has 1 unspecified atom stereocenters. The summed E-state index contributed by atoms with van der Waals surface area (Å²) >= 11 is 0. The molecule has 1 N–H and O–H groups in total. The van der Waals surface area contributed by atoms with Crippen molar-refractivity contribution in [2.45, 2.75) is 46.6 Å². The predicted molar refractivity (Wildman–Crippen MR) is 115 cm³/mol. The molecule has 3 rings (SSSR count). The summed E-state index contributed by atoms with van der Waals surface area (Å²) in [5.41, 5.74) is 5.28. The van der Waals surface area contributed by atoms with E-state index in [-0.39, 0.29) is 25.0 Å². The summed E-state index contributed by atoms with van der Waals surface area (Å²) in [7, 11) is 1.79. The van der Waals surface area contributed by atoms with Crippen molar-refractivity contribution in [3.63, 3.8) is 0 Å². The number of rotatable bonds is 7. The van der Waals surface area contributed by atoms with Crippen LogP contribution in [0.4, 0.5) is 0 Å². The topological polar surface area (TPSA) is 84.1 Å². The highest BCUT2D eigenvalue weighted by molar-refractivity contribution is 5.79. The van der Waals surface area contributed by atoms with Gasteiger partial charge in [-0.1, -0.05) is 30.3 Å². The quantitative estimate of drug-likeness (QED) is 0.651. The Hall–Kier alpha value is -3.06. The maximum absolute atomic E-state index is 13.1. The van der Waals surface area contributed by atoms with Gasteiger partial charge in [0.25, 0.3) is 5.95 Å². The Morgan fingerprint density at radius 2 is 1.73 bits per heavy atom. The SMILES string of the molecule is Cc1cc(C)nc(-n2nc(C)c(CC(=O)N(C)C(CCO)c3ccccc3)c2C)n1. The highest BCUT2D eigenvalue weighted by Gasteiger charge is 2.24. The summed E-state index contributed by atoms with van der Waals surface area (Å²) in [4.78, 5) is 23.8. The molecule has 1 atom stereocenters. The second-order valence-electron chi connectivity index (χ2n) is 7.63. The van der Waals surface area contributed by atoms with Crippen molar-refractivity contribution >= 4 is 5.91 Å². The lowest BCUT2D eigenvalue weighted by atomic mass is 10.0. The number of carbonyl (C=O) groups excluding carboxylic acids is 1. The van der Waals surface area contributed by atoms with Gasteiger partial charge in [-0.15, -0.1) is 0 Å². The monoisotopic (exact) mass is 407 g/mol. The molecule has 0 spiro atoms. The lowest BCUT2D eigenvalue weighted by molar-refractivity contribution is -0.131. The second kappa shape index (κ2) is 9.17. The number of likely N-dealkylation sites (N-methyl/N-ethyl adjacent to an activating group) is 1. The molecule has 3 aromatic rings. The first-order chi connectivity index (χ1) is 14.3. The Kier molecular flexibility index (Phi) is 6.62. The first-order valence-electron chi connectivity index (χ1n) is 10.1. The van der Waals surface area contributed by atoms with Gasteiger partial charge in [-0.3, -0.25) is 4.79 Å². The molecule has 1 amide bonds. The molecule has 0 aliphatic carbocycles. The van der Waals surface area contributed by atoms with Gasteiger partial charge >= 0.3 is 0 Å². The Balaban J connectivity index is 1.86. The number of hydrogen-bond acceptors (Lipinski definition) is 5. The molecule has 0 bridgehead atoms. The van der Waals surface area contributed by atoms with Gasteiger partial charge in [0.05, 0.1) is 18.2 Å². The van der Waals surface area contributed by atoms with Crippen LogP contribution in [0.5, 0.6) is 0 Å². The Labute approximate surface area is 177 Å². The molecule has 0 radical (unpaired) electrons. The van der Waals surface area contributed by atoms with E-state index >= 15 is 0 Å². The van der Waals surface area contributed by atoms with Gasteiger partial charge in [0, 0.05) is 36.3 Å². The van der Waals surface area contributed by atoms with Crippen LogP contribution in [0.25, 0.3) is 5.95 Å². The molecule has 7 nitrogen and oxygen atoms in total. The molecule has 0 fully saturated rings. The summed E-state index contributed by atoms with van der Waals surface area (Å²) in [5, 5.41) is 14.1. The number of carbonyl (C=O) groups is 1. The lowest BCUT2D eigenvalue weighted by Crippen LogP contribution is -2.33. The van der Waals surface area contributed by atoms with Gasteiger partial charge in [0.2, 0.25) is 5.91 Å². The highest BCUT2D eigenvalue weighted by Crippen LogP contribution is 2.25. The maximum Gasteiger partial charge on any atom is 0.251 e. The number of aliphatic hydroxyl groups is 1. The van der Waals surface area contributed by atoms with Crippen molar-refractivity contribution in [2.75, 3.05) is 13.7 Å². The number of aliphatic hydroxyl groups excluding tert-OH is 1. The van der Waals surface area contributed by atoms with E-state index in [0.717, 1.165) is 33.9 Å². The van der Waals surface area contributed by atoms with Gasteiger partial charge in [-0.25, -0.2) is 14.6 Å². The van der Waals surface area contributed by atoms with Crippen LogP contribution in [-0.4, -0.2) is 49.3 Å². The van der Waals surface area contributed by atoms with Crippen molar-refractivity contribution in [2.24, 2.45) is 0 Å². The molecule has 7 heteroatoms. The minimum Gasteiger partial charge on any atom is -0.396 e. The molecule has 1 aromatic carbocycles. The van der Waals surface area contributed by atoms with E-state index in [9.17, 15) is 9.90 Å². The zero-order valence-corrected chi connectivity index (χ0v) is 18.3. The molecule has 0 saturated heterocycles. The Bertz CT molecular complexity index is 1010. The van der Waals surface area contributed by atoms with E-state index in [2.05, 4.69) is 15.1 Å². The van der Waals surface area contributed by atoms with Gasteiger partial charge in [0.15, 0.2) is 0 Å². The first-order valence-corrected chi connectivity index (χ1v) is 10.1. The third-order valence-electron chi connectivity index (χ3n) is 5.38. The molecule has 30 heavy (non-hydrogen) atoms. The summed E-state index contributed by atoms with van der Waals surface area (Å²) in [5.74, 6) is 0.493. The molecule has 2 aromatic heterocycles. The van der Waals surface area contributed by atoms with Gasteiger partial charge in [-0.2, -0.15) is 5.10 Å². The summed E-state index contributed by atoms with van der Waals surface area (Å²) < 4.78 is 1.71. The summed E-state index contributed by atoms with van der Waals surface area (Å²) in [6, 6.07) is 11.5. The standard InChI is InChI=1S/C23H29N5O2/c1-15-13-16(2)25-23(24-15)28-18(4)20(17(3)26-28)14-22(30)27(5)21(11-12-29)19-9-7-6-8-10-19/h6-10,13,21,29H,11-12,14H2,1-5H3. The molecule has 158 valence electrons. The van der Waals surface area contributed by atoms with E-state index < -0.39 is 0 Å². The minimum absolute atomic E-state index is 0.0111. The van der Waals surface area contributed by atoms with Crippen molar-refractivity contribution in [3.8, 4) is 5.95 Å². The third kappa shape index (κ3) is 4.57. The van der Waals surface area contributed by atoms with Crippen LogP contribution in [0.2, 0.25) is 0 Å². The summed E-state index contributed by atoms with van der Waals surface area (Å²) in [6.45, 7) is 7.70. The van der Waals surface area contributed by atoms with Crippen molar-refractivity contribution < 1.29 is 9.90 Å². The molecular weight excluding hydrogens is 378 g/mol. The van der Waals surface area contributed by atoms with E-state index in [1.54, 1.807) is 16.6 Å². The zero-order chi connectivity index (χ0) is 21.8. The average Bonchev–Trinajstić information content (AvgIpc) is 2.99. The number of aryl methyl sites for hydroxylation is 3. The Morgan fingerprint density at radius 3 is 2.33 bits per heavy atom. The van der Waals surface area contributed by atoms with Crippen LogP contribution < -0.4 is 0 Å². The van der Waals surface area contributed by atoms with Crippen molar-refractivity contribution in [3.05, 3.63) is 70.3 Å². The van der Waals surface area contributed by atoms with Gasteiger partial charge < -0.3 is 10.0 Å². The predicted octanol–water partition coefficient (Wildman–Crippen LogP) is 3.02. The number of amides is 1. The van der Waals surface area contributed by atoms with Crippen LogP contribution in [-0.2, 0) is 11.2 Å². The van der Waals surface area contributed by atoms with E-state index in [1.165, 1.54) is 0 Å². The Morgan fingerprint density at radius 1 is 1.10 bits per heavy atom. The fourth-order valence-electron chi connectivity index (χ4n) is 3.76. The van der Waals surface area contributed by atoms with Crippen molar-refractivity contribution in [1.29, 1.82) is 0 Å². The number of benzene rings is 1. The van der Waals surface area contributed by atoms with Crippen LogP contribution >= 0.6 is 0 Å². The highest BCUT2D eigenvalue weighted by atomic mass is 16.3. The van der Waals surface area contributed by atoms with Gasteiger partial charge in [0.1, 0.15) is 0 Å². The first kappa shape index (κ1) is 21.6. The molecule has 2 heterocycles. The molecular formula is C23H29N5O2. The number of hydrogen-bond donors (Lipinski definition) is 1. The van der Waals surface area contributed by atoms with E-state index in [1.807, 2.05) is 64.1 Å². The zero-order valence-electron chi connectivity index (χ0n) is 18.3. The number of aromatic nitrogens is 4. The fraction of sp³-hybridized carbons (Fsp3) is 0.391. The van der Waals surface area contributed by atoms with Crippen LogP contribution in [0.3, 0.4) is 0 Å². The summed E-state index contributed by atoms with van der Waals surface area (Å²) in [6.07, 6.45) is 0.716. The van der Waals surface area contributed by atoms with Crippen molar-refractivity contribution in [1.82, 2.24) is 24.6 Å². The van der Waals surface area contributed by atoms with Gasteiger partial charge in [-0.05, 0) is 45.7 Å². The average molecular weight is 408 g/mol. The van der Waals surface area contributed by atoms with Crippen LogP contribution in [0, 0.1) is 27.7 Å². The largest absolute Gasteiger partial charge is 0.396 e. The maximum atomic E-state index is 13.1. The third-order valence-corrected chi connectivity index (χ3v) is 5.38. The molecule has 0 aliphatic rings. The second-order valence-corrected chi connectivity index (χ2v) is 7.63. The van der Waals surface area contributed by atoms with Crippen LogP contribution in [0.15, 0.2) is 36.4 Å². The van der Waals surface area contributed by atoms with Crippen LogP contribution in [0.1, 0.15) is 46.4 Å².